The van der Waals surface area contributed by atoms with Crippen molar-refractivity contribution in [3.05, 3.63) is 29.3 Å². The van der Waals surface area contributed by atoms with Gasteiger partial charge in [0, 0.05) is 31.9 Å². The Hall–Kier alpha value is -0.810. The summed E-state index contributed by atoms with van der Waals surface area (Å²) in [7, 11) is 1.72. The van der Waals surface area contributed by atoms with Gasteiger partial charge in [-0.25, -0.2) is 8.78 Å². The van der Waals surface area contributed by atoms with Crippen LogP contribution in [0.2, 0.25) is 0 Å². The number of benzene rings is 1. The molecule has 0 spiro atoms. The zero-order chi connectivity index (χ0) is 13.8. The lowest BCUT2D eigenvalue weighted by Crippen LogP contribution is -2.23. The van der Waals surface area contributed by atoms with Crippen LogP contribution < -0.4 is 10.2 Å². The van der Waals surface area contributed by atoms with Crippen LogP contribution in [-0.4, -0.2) is 31.6 Å². The summed E-state index contributed by atoms with van der Waals surface area (Å²) in [6.07, 6.45) is 4.31. The number of halogens is 2. The molecule has 5 heteroatoms. The zero-order valence-electron chi connectivity index (χ0n) is 11.4. The predicted octanol–water partition coefficient (Wildman–Crippen LogP) is 3.02. The van der Waals surface area contributed by atoms with E-state index in [4.69, 9.17) is 0 Å². The van der Waals surface area contributed by atoms with Gasteiger partial charge in [0.2, 0.25) is 0 Å². The van der Waals surface area contributed by atoms with Crippen LogP contribution in [0.25, 0.3) is 0 Å². The maximum atomic E-state index is 14.0. The lowest BCUT2D eigenvalue weighted by atomic mass is 10.1. The fourth-order valence-corrected chi connectivity index (χ4v) is 2.43. The molecule has 0 amide bonds. The van der Waals surface area contributed by atoms with Gasteiger partial charge in [-0.05, 0) is 36.8 Å². The van der Waals surface area contributed by atoms with Gasteiger partial charge in [0.1, 0.15) is 17.3 Å². The number of rotatable bonds is 7. The molecule has 1 aliphatic carbocycles. The van der Waals surface area contributed by atoms with Crippen LogP contribution in [0.3, 0.4) is 0 Å². The quantitative estimate of drug-likeness (QED) is 0.829. The molecular weight excluding hydrogens is 266 g/mol. The van der Waals surface area contributed by atoms with Gasteiger partial charge >= 0.3 is 0 Å². The van der Waals surface area contributed by atoms with Crippen LogP contribution in [0, 0.1) is 11.6 Å². The van der Waals surface area contributed by atoms with Crippen molar-refractivity contribution in [3.8, 4) is 0 Å². The molecule has 0 radical (unpaired) electrons. The minimum atomic E-state index is -0.476. The lowest BCUT2D eigenvalue weighted by molar-refractivity contribution is 0.570. The molecule has 0 aromatic heterocycles. The number of anilines is 1. The van der Waals surface area contributed by atoms with E-state index in [1.807, 2.05) is 6.26 Å². The summed E-state index contributed by atoms with van der Waals surface area (Å²) in [5.41, 5.74) is 0.744. The Kier molecular flexibility index (Phi) is 5.05. The highest BCUT2D eigenvalue weighted by molar-refractivity contribution is 7.98. The summed E-state index contributed by atoms with van der Waals surface area (Å²) in [6.45, 7) is 1.17. The van der Waals surface area contributed by atoms with E-state index in [1.54, 1.807) is 23.7 Å². The molecular formula is C14H20F2N2S. The van der Waals surface area contributed by atoms with Gasteiger partial charge in [0.15, 0.2) is 0 Å². The monoisotopic (exact) mass is 286 g/mol. The highest BCUT2D eigenvalue weighted by Crippen LogP contribution is 2.25. The number of hydrogen-bond acceptors (Lipinski definition) is 3. The molecule has 1 aromatic carbocycles. The Labute approximate surface area is 117 Å². The molecule has 0 bridgehead atoms. The highest BCUT2D eigenvalue weighted by Gasteiger charge is 2.21. The Morgan fingerprint density at radius 2 is 1.95 bits per heavy atom. The minimum absolute atomic E-state index is 0.0734. The van der Waals surface area contributed by atoms with Crippen molar-refractivity contribution in [2.75, 3.05) is 30.5 Å². The Bertz CT molecular complexity index is 412. The molecule has 0 atom stereocenters. The van der Waals surface area contributed by atoms with E-state index in [2.05, 4.69) is 5.32 Å². The summed E-state index contributed by atoms with van der Waals surface area (Å²) in [5, 5.41) is 3.26. The van der Waals surface area contributed by atoms with Crippen molar-refractivity contribution in [2.24, 2.45) is 0 Å². The van der Waals surface area contributed by atoms with E-state index in [0.717, 1.165) is 5.75 Å². The summed E-state index contributed by atoms with van der Waals surface area (Å²) in [5.74, 6) is -0.104. The molecule has 0 unspecified atom stereocenters. The molecule has 1 fully saturated rings. The van der Waals surface area contributed by atoms with Gasteiger partial charge in [-0.3, -0.25) is 0 Å². The van der Waals surface area contributed by atoms with Crippen LogP contribution in [0.5, 0.6) is 0 Å². The molecule has 0 aliphatic heterocycles. The van der Waals surface area contributed by atoms with E-state index in [-0.39, 0.29) is 5.69 Å². The molecule has 0 heterocycles. The van der Waals surface area contributed by atoms with Crippen molar-refractivity contribution in [2.45, 2.75) is 25.4 Å². The van der Waals surface area contributed by atoms with Crippen LogP contribution >= 0.6 is 11.8 Å². The zero-order valence-corrected chi connectivity index (χ0v) is 12.2. The normalized spacial score (nSPS) is 14.7. The Morgan fingerprint density at radius 1 is 1.32 bits per heavy atom. The molecule has 106 valence electrons. The number of nitrogens with one attached hydrogen (secondary N) is 1. The topological polar surface area (TPSA) is 15.3 Å². The molecule has 1 aliphatic rings. The van der Waals surface area contributed by atoms with Crippen molar-refractivity contribution in [3.63, 3.8) is 0 Å². The first-order valence-electron chi connectivity index (χ1n) is 6.53. The van der Waals surface area contributed by atoms with Crippen molar-refractivity contribution >= 4 is 17.4 Å². The first-order chi connectivity index (χ1) is 9.11. The van der Waals surface area contributed by atoms with Crippen LogP contribution in [0.1, 0.15) is 18.4 Å². The summed E-state index contributed by atoms with van der Waals surface area (Å²) in [4.78, 5) is 1.64. The standard InChI is InChI=1S/C14H20F2N2S/c1-18(5-6-19-2)14-12(15)7-10(8-13(14)16)9-17-11-3-4-11/h7-8,11,17H,3-6,9H2,1-2H3. The number of hydrogen-bond donors (Lipinski definition) is 1. The maximum Gasteiger partial charge on any atom is 0.149 e. The third kappa shape index (κ3) is 4.08. The molecule has 1 aromatic rings. The van der Waals surface area contributed by atoms with Crippen LogP contribution in [0.15, 0.2) is 12.1 Å². The molecule has 2 nitrogen and oxygen atoms in total. The first kappa shape index (κ1) is 14.6. The van der Waals surface area contributed by atoms with Crippen LogP contribution in [-0.2, 0) is 6.54 Å². The summed E-state index contributed by atoms with van der Waals surface area (Å²) >= 11 is 1.66. The van der Waals surface area contributed by atoms with E-state index in [1.165, 1.54) is 25.0 Å². The van der Waals surface area contributed by atoms with Crippen molar-refractivity contribution in [1.82, 2.24) is 5.32 Å². The van der Waals surface area contributed by atoms with Gasteiger partial charge in [0.05, 0.1) is 0 Å². The van der Waals surface area contributed by atoms with E-state index >= 15 is 0 Å². The van der Waals surface area contributed by atoms with E-state index in [9.17, 15) is 8.78 Å². The average molecular weight is 286 g/mol. The lowest BCUT2D eigenvalue weighted by Gasteiger charge is -2.20. The smallest absolute Gasteiger partial charge is 0.149 e. The average Bonchev–Trinajstić information content (AvgIpc) is 3.17. The Morgan fingerprint density at radius 3 is 2.47 bits per heavy atom. The fraction of sp³-hybridized carbons (Fsp3) is 0.571. The third-order valence-electron chi connectivity index (χ3n) is 3.26. The molecule has 19 heavy (non-hydrogen) atoms. The van der Waals surface area contributed by atoms with Gasteiger partial charge in [-0.1, -0.05) is 0 Å². The highest BCUT2D eigenvalue weighted by atomic mass is 32.2. The fourth-order valence-electron chi connectivity index (χ4n) is 1.97. The number of nitrogens with zero attached hydrogens (tertiary/aromatic N) is 1. The second-order valence-electron chi connectivity index (χ2n) is 4.98. The maximum absolute atomic E-state index is 14.0. The first-order valence-corrected chi connectivity index (χ1v) is 7.92. The molecule has 1 saturated carbocycles. The van der Waals surface area contributed by atoms with Gasteiger partial charge < -0.3 is 10.2 Å². The minimum Gasteiger partial charge on any atom is -0.369 e. The van der Waals surface area contributed by atoms with E-state index in [0.29, 0.717) is 24.7 Å². The third-order valence-corrected chi connectivity index (χ3v) is 3.85. The van der Waals surface area contributed by atoms with Gasteiger partial charge in [-0.2, -0.15) is 11.8 Å². The molecule has 2 rings (SSSR count). The summed E-state index contributed by atoms with van der Waals surface area (Å²) < 4.78 is 28.0. The second-order valence-corrected chi connectivity index (χ2v) is 5.96. The second kappa shape index (κ2) is 6.57. The van der Waals surface area contributed by atoms with E-state index < -0.39 is 11.6 Å². The molecule has 1 N–H and O–H groups in total. The largest absolute Gasteiger partial charge is 0.369 e. The van der Waals surface area contributed by atoms with Crippen molar-refractivity contribution in [1.29, 1.82) is 0 Å². The summed E-state index contributed by atoms with van der Waals surface area (Å²) in [6, 6.07) is 3.40. The Balaban J connectivity index is 2.06. The van der Waals surface area contributed by atoms with Crippen molar-refractivity contribution < 1.29 is 8.78 Å². The van der Waals surface area contributed by atoms with Gasteiger partial charge in [0.25, 0.3) is 0 Å². The van der Waals surface area contributed by atoms with Crippen LogP contribution in [0.4, 0.5) is 14.5 Å². The SMILES string of the molecule is CSCCN(C)c1c(F)cc(CNC2CC2)cc1F. The number of thioether (sulfide) groups is 1. The van der Waals surface area contributed by atoms with Gasteiger partial charge in [-0.15, -0.1) is 0 Å². The predicted molar refractivity (Wildman–Crippen MR) is 77.9 cm³/mol. The molecule has 0 saturated heterocycles.